The topological polar surface area (TPSA) is 149 Å². The number of rotatable bonds is 37. The Bertz CT molecular complexity index is 1010. The lowest BCUT2D eigenvalue weighted by Crippen LogP contribution is -2.29. The van der Waals surface area contributed by atoms with E-state index in [0.717, 1.165) is 57.8 Å². The van der Waals surface area contributed by atoms with E-state index in [4.69, 9.17) is 19.1 Å². The summed E-state index contributed by atoms with van der Waals surface area (Å²) in [4.78, 5) is 34.7. The average molecular weight is 757 g/mol. The van der Waals surface area contributed by atoms with Crippen LogP contribution in [0.4, 0.5) is 0 Å². The molecule has 0 radical (unpaired) electrons. The van der Waals surface area contributed by atoms with E-state index in [1.54, 1.807) is 12.2 Å². The summed E-state index contributed by atoms with van der Waals surface area (Å²) in [6, 6.07) is 0. The summed E-state index contributed by atoms with van der Waals surface area (Å²) < 4.78 is 32.4. The number of phosphoric acid groups is 1. The highest BCUT2D eigenvalue weighted by atomic mass is 31.2. The molecule has 0 rings (SSSR count). The molecule has 3 atom stereocenters. The molecular formula is C41H73O10P. The molecule has 11 heteroatoms. The zero-order valence-electron chi connectivity index (χ0n) is 32.5. The van der Waals surface area contributed by atoms with Crippen LogP contribution >= 0.6 is 7.82 Å². The minimum absolute atomic E-state index is 0.205. The second-order valence-electron chi connectivity index (χ2n) is 13.4. The minimum Gasteiger partial charge on any atom is -0.462 e. The van der Waals surface area contributed by atoms with E-state index in [9.17, 15) is 24.2 Å². The molecule has 0 aliphatic carbocycles. The van der Waals surface area contributed by atoms with Crippen molar-refractivity contribution in [3.05, 3.63) is 48.6 Å². The summed E-state index contributed by atoms with van der Waals surface area (Å²) >= 11 is 0. The number of esters is 2. The molecule has 0 saturated heterocycles. The first-order valence-electron chi connectivity index (χ1n) is 20.1. The molecule has 0 bridgehead atoms. The maximum absolute atomic E-state index is 12.5. The van der Waals surface area contributed by atoms with Crippen LogP contribution in [0.1, 0.15) is 162 Å². The average Bonchev–Trinajstić information content (AvgIpc) is 3.13. The van der Waals surface area contributed by atoms with Crippen LogP contribution in [-0.2, 0) is 32.7 Å². The van der Waals surface area contributed by atoms with Gasteiger partial charge in [-0.15, -0.1) is 0 Å². The van der Waals surface area contributed by atoms with Gasteiger partial charge in [0.25, 0.3) is 0 Å². The van der Waals surface area contributed by atoms with Gasteiger partial charge in [0, 0.05) is 12.5 Å². The van der Waals surface area contributed by atoms with Gasteiger partial charge in [0.05, 0.1) is 19.8 Å². The maximum atomic E-state index is 12.5. The summed E-state index contributed by atoms with van der Waals surface area (Å²) in [5.41, 5.74) is 0. The van der Waals surface area contributed by atoms with E-state index in [-0.39, 0.29) is 13.0 Å². The SMILES string of the molecule is CCCC/C=C/C/C=C/CCCCCCCC(=O)OC[C@H](COP(=O)(O)OC[C@@H](O)CO)OC(=O)/C=C/C=C/CCCCCCCCCCCCC. The third-order valence-corrected chi connectivity index (χ3v) is 9.26. The summed E-state index contributed by atoms with van der Waals surface area (Å²) in [5, 5.41) is 18.3. The Morgan fingerprint density at radius 2 is 1.15 bits per heavy atom. The second-order valence-corrected chi connectivity index (χ2v) is 14.8. The van der Waals surface area contributed by atoms with Gasteiger partial charge in [0.1, 0.15) is 12.7 Å². The van der Waals surface area contributed by atoms with E-state index in [2.05, 4.69) is 42.7 Å². The number of unbranched alkanes of at least 4 members (excludes halogenated alkanes) is 18. The van der Waals surface area contributed by atoms with Crippen LogP contribution in [0.5, 0.6) is 0 Å². The lowest BCUT2D eigenvalue weighted by molar-refractivity contribution is -0.157. The number of carbonyl (C=O) groups is 2. The fourth-order valence-electron chi connectivity index (χ4n) is 5.15. The molecule has 0 heterocycles. The monoisotopic (exact) mass is 756 g/mol. The van der Waals surface area contributed by atoms with E-state index >= 15 is 0 Å². The van der Waals surface area contributed by atoms with Crippen LogP contribution in [0.15, 0.2) is 48.6 Å². The summed E-state index contributed by atoms with van der Waals surface area (Å²) in [6.07, 6.45) is 38.5. The van der Waals surface area contributed by atoms with E-state index in [1.165, 1.54) is 83.1 Å². The van der Waals surface area contributed by atoms with Gasteiger partial charge < -0.3 is 24.6 Å². The Morgan fingerprint density at radius 3 is 1.75 bits per heavy atom. The van der Waals surface area contributed by atoms with Crippen molar-refractivity contribution in [3.8, 4) is 0 Å². The molecule has 3 N–H and O–H groups in total. The molecule has 0 spiro atoms. The molecule has 10 nitrogen and oxygen atoms in total. The van der Waals surface area contributed by atoms with Gasteiger partial charge in [-0.3, -0.25) is 13.8 Å². The predicted octanol–water partition coefficient (Wildman–Crippen LogP) is 10.2. The van der Waals surface area contributed by atoms with Gasteiger partial charge in [0.15, 0.2) is 6.10 Å². The molecule has 0 aliphatic rings. The summed E-state index contributed by atoms with van der Waals surface area (Å²) in [7, 11) is -4.64. The van der Waals surface area contributed by atoms with Gasteiger partial charge in [-0.05, 0) is 44.9 Å². The van der Waals surface area contributed by atoms with Crippen molar-refractivity contribution in [1.29, 1.82) is 0 Å². The molecule has 52 heavy (non-hydrogen) atoms. The van der Waals surface area contributed by atoms with Crippen molar-refractivity contribution in [2.24, 2.45) is 0 Å². The first-order chi connectivity index (χ1) is 25.2. The van der Waals surface area contributed by atoms with Crippen molar-refractivity contribution < 1.29 is 47.8 Å². The highest BCUT2D eigenvalue weighted by Gasteiger charge is 2.26. The fourth-order valence-corrected chi connectivity index (χ4v) is 5.94. The molecular weight excluding hydrogens is 683 g/mol. The minimum atomic E-state index is -4.64. The number of hydrogen-bond donors (Lipinski definition) is 3. The molecule has 0 aromatic rings. The van der Waals surface area contributed by atoms with Crippen molar-refractivity contribution in [2.45, 2.75) is 174 Å². The highest BCUT2D eigenvalue weighted by Crippen LogP contribution is 2.43. The van der Waals surface area contributed by atoms with Gasteiger partial charge in [-0.1, -0.05) is 153 Å². The quantitative estimate of drug-likeness (QED) is 0.0140. The lowest BCUT2D eigenvalue weighted by Gasteiger charge is -2.19. The third-order valence-electron chi connectivity index (χ3n) is 8.31. The first-order valence-corrected chi connectivity index (χ1v) is 21.6. The van der Waals surface area contributed by atoms with Crippen molar-refractivity contribution in [1.82, 2.24) is 0 Å². The Hall–Kier alpha value is -2.07. The van der Waals surface area contributed by atoms with Gasteiger partial charge >= 0.3 is 19.8 Å². The molecule has 0 aliphatic heterocycles. The normalized spacial score (nSPS) is 14.5. The molecule has 1 unspecified atom stereocenters. The Labute approximate surface area is 315 Å². The number of allylic oxidation sites excluding steroid dienone is 7. The van der Waals surface area contributed by atoms with Crippen LogP contribution < -0.4 is 0 Å². The van der Waals surface area contributed by atoms with Crippen molar-refractivity contribution in [2.75, 3.05) is 26.4 Å². The molecule has 0 amide bonds. The van der Waals surface area contributed by atoms with Gasteiger partial charge in [-0.2, -0.15) is 0 Å². The first kappa shape index (κ1) is 49.9. The maximum Gasteiger partial charge on any atom is 0.472 e. The van der Waals surface area contributed by atoms with Crippen LogP contribution in [0, 0.1) is 0 Å². The summed E-state index contributed by atoms with van der Waals surface area (Å²) in [6.45, 7) is 2.18. The Morgan fingerprint density at radius 1 is 0.635 bits per heavy atom. The van der Waals surface area contributed by atoms with E-state index in [0.29, 0.717) is 6.42 Å². The number of hydrogen-bond acceptors (Lipinski definition) is 9. The Kier molecular flexibility index (Phi) is 35.8. The largest absolute Gasteiger partial charge is 0.472 e. The molecule has 0 aromatic carbocycles. The smallest absolute Gasteiger partial charge is 0.462 e. The lowest BCUT2D eigenvalue weighted by atomic mass is 10.1. The highest BCUT2D eigenvalue weighted by molar-refractivity contribution is 7.47. The number of aliphatic hydroxyl groups is 2. The van der Waals surface area contributed by atoms with Gasteiger partial charge in [-0.25, -0.2) is 9.36 Å². The second kappa shape index (κ2) is 37.3. The number of carbonyl (C=O) groups excluding carboxylic acids is 2. The predicted molar refractivity (Wildman–Crippen MR) is 210 cm³/mol. The number of aliphatic hydroxyl groups excluding tert-OH is 2. The van der Waals surface area contributed by atoms with Crippen LogP contribution in [0.25, 0.3) is 0 Å². The van der Waals surface area contributed by atoms with E-state index < -0.39 is 51.8 Å². The molecule has 0 saturated carbocycles. The Balaban J connectivity index is 4.48. The fraction of sp³-hybridized carbons (Fsp3) is 0.756. The standard InChI is InChI=1S/C41H73O10P/c1-3-5-7-9-11-13-15-17-19-21-23-25-27-29-31-33-41(45)51-39(37-50-52(46,47)49-35-38(43)34-42)36-48-40(44)32-30-28-26-24-22-20-18-16-14-12-10-8-6-4-2/h10,12,16,18,27,29,31,33,38-39,42-43H,3-9,11,13-15,17,19-26,28,30,32,34-37H2,1-2H3,(H,46,47)/b12-10+,18-16+,29-27+,33-31+/t38-,39+/m0/s1. The molecule has 0 aromatic heterocycles. The van der Waals surface area contributed by atoms with E-state index in [1.807, 2.05) is 6.08 Å². The van der Waals surface area contributed by atoms with Crippen LogP contribution in [0.2, 0.25) is 0 Å². The number of phosphoric ester groups is 1. The van der Waals surface area contributed by atoms with Gasteiger partial charge in [0.2, 0.25) is 0 Å². The number of ether oxygens (including phenoxy) is 2. The van der Waals surface area contributed by atoms with Crippen LogP contribution in [0.3, 0.4) is 0 Å². The zero-order valence-corrected chi connectivity index (χ0v) is 33.4. The molecule has 302 valence electrons. The zero-order chi connectivity index (χ0) is 38.4. The molecule has 0 fully saturated rings. The van der Waals surface area contributed by atoms with Crippen molar-refractivity contribution in [3.63, 3.8) is 0 Å². The van der Waals surface area contributed by atoms with Crippen LogP contribution in [-0.4, -0.2) is 65.7 Å². The summed E-state index contributed by atoms with van der Waals surface area (Å²) in [5.74, 6) is -1.20. The third kappa shape index (κ3) is 36.3. The van der Waals surface area contributed by atoms with Crippen molar-refractivity contribution >= 4 is 19.8 Å².